The van der Waals surface area contributed by atoms with Gasteiger partial charge in [0.1, 0.15) is 5.56 Å². The molecule has 1 amide bonds. The van der Waals surface area contributed by atoms with Crippen LogP contribution in [0.2, 0.25) is 0 Å². The van der Waals surface area contributed by atoms with Crippen molar-refractivity contribution in [3.63, 3.8) is 0 Å². The summed E-state index contributed by atoms with van der Waals surface area (Å²) in [7, 11) is 1.50. The molecule has 0 saturated heterocycles. The van der Waals surface area contributed by atoms with E-state index in [0.717, 1.165) is 0 Å². The Labute approximate surface area is 131 Å². The summed E-state index contributed by atoms with van der Waals surface area (Å²) in [6.07, 6.45) is 0. The molecule has 0 aliphatic heterocycles. The van der Waals surface area contributed by atoms with Gasteiger partial charge in [-0.25, -0.2) is 4.79 Å². The highest BCUT2D eigenvalue weighted by molar-refractivity contribution is 6.02. The van der Waals surface area contributed by atoms with Gasteiger partial charge in [0, 0.05) is 18.0 Å². The molecule has 1 aromatic carbocycles. The van der Waals surface area contributed by atoms with E-state index < -0.39 is 23.4 Å². The molecule has 0 bridgehead atoms. The number of para-hydroxylation sites is 1. The number of amides is 1. The molecule has 7 heteroatoms. The van der Waals surface area contributed by atoms with Gasteiger partial charge in [-0.05, 0) is 13.0 Å². The van der Waals surface area contributed by atoms with E-state index in [2.05, 4.69) is 0 Å². The van der Waals surface area contributed by atoms with Crippen molar-refractivity contribution in [3.8, 4) is 6.07 Å². The number of esters is 1. The number of rotatable bonds is 4. The molecule has 1 atom stereocenters. The van der Waals surface area contributed by atoms with Crippen molar-refractivity contribution < 1.29 is 14.3 Å². The van der Waals surface area contributed by atoms with E-state index in [9.17, 15) is 19.6 Å². The number of hydrogen-bond acceptors (Lipinski definition) is 5. The van der Waals surface area contributed by atoms with Crippen molar-refractivity contribution in [2.45, 2.75) is 12.8 Å². The molecule has 0 spiro atoms. The fourth-order valence-corrected chi connectivity index (χ4v) is 2.49. The fourth-order valence-electron chi connectivity index (χ4n) is 2.49. The summed E-state index contributed by atoms with van der Waals surface area (Å²) in [6, 6.07) is 8.44. The van der Waals surface area contributed by atoms with Crippen LogP contribution >= 0.6 is 0 Å². The maximum Gasteiger partial charge on any atom is 0.344 e. The molecule has 0 unspecified atom stereocenters. The van der Waals surface area contributed by atoms with Crippen LogP contribution in [-0.4, -0.2) is 23.1 Å². The minimum absolute atomic E-state index is 0.00264. The first-order chi connectivity index (χ1) is 10.9. The van der Waals surface area contributed by atoms with Crippen LogP contribution in [0.15, 0.2) is 29.1 Å². The third-order valence-corrected chi connectivity index (χ3v) is 3.53. The Morgan fingerprint density at radius 3 is 2.61 bits per heavy atom. The minimum Gasteiger partial charge on any atom is -0.462 e. The number of pyridine rings is 1. The Hall–Kier alpha value is -3.14. The molecule has 2 rings (SSSR count). The molecule has 0 fully saturated rings. The zero-order valence-electron chi connectivity index (χ0n) is 12.7. The third-order valence-electron chi connectivity index (χ3n) is 3.53. The van der Waals surface area contributed by atoms with E-state index in [4.69, 9.17) is 10.5 Å². The standard InChI is InChI=1S/C16H15N3O4/c1-3-23-16(22)13-12(10(8-17)14(18)20)9-6-4-5-7-11(9)19(2)15(13)21/h4-7,10H,3H2,1-2H3,(H2,18,20)/t10-/m1/s1. The molecular weight excluding hydrogens is 298 g/mol. The van der Waals surface area contributed by atoms with Crippen molar-refractivity contribution in [3.05, 3.63) is 45.7 Å². The topological polar surface area (TPSA) is 115 Å². The Bertz CT molecular complexity index is 893. The highest BCUT2D eigenvalue weighted by atomic mass is 16.5. The highest BCUT2D eigenvalue weighted by Crippen LogP contribution is 2.27. The van der Waals surface area contributed by atoms with Gasteiger partial charge in [0.05, 0.1) is 18.2 Å². The van der Waals surface area contributed by atoms with Gasteiger partial charge in [-0.3, -0.25) is 9.59 Å². The van der Waals surface area contributed by atoms with Crippen LogP contribution in [0.3, 0.4) is 0 Å². The van der Waals surface area contributed by atoms with E-state index >= 15 is 0 Å². The highest BCUT2D eigenvalue weighted by Gasteiger charge is 2.30. The number of carbonyl (C=O) groups is 2. The second-order valence-electron chi connectivity index (χ2n) is 4.85. The predicted octanol–water partition coefficient (Wildman–Crippen LogP) is 0.808. The van der Waals surface area contributed by atoms with Crippen LogP contribution < -0.4 is 11.3 Å². The van der Waals surface area contributed by atoms with Crippen molar-refractivity contribution in [1.82, 2.24) is 4.57 Å². The van der Waals surface area contributed by atoms with E-state index in [1.165, 1.54) is 11.6 Å². The molecular formula is C16H15N3O4. The molecule has 1 aromatic heterocycles. The molecule has 0 aliphatic rings. The van der Waals surface area contributed by atoms with E-state index in [1.54, 1.807) is 37.3 Å². The normalized spacial score (nSPS) is 11.7. The zero-order valence-corrected chi connectivity index (χ0v) is 12.7. The fraction of sp³-hybridized carbons (Fsp3) is 0.250. The SMILES string of the molecule is CCOC(=O)c1c([C@@H](C#N)C(N)=O)c2ccccc2n(C)c1=O. The van der Waals surface area contributed by atoms with Gasteiger partial charge >= 0.3 is 5.97 Å². The lowest BCUT2D eigenvalue weighted by atomic mass is 9.91. The van der Waals surface area contributed by atoms with Crippen LogP contribution in [0.1, 0.15) is 28.8 Å². The number of primary amides is 1. The second kappa shape index (κ2) is 6.32. The van der Waals surface area contributed by atoms with Crippen LogP contribution in [0.4, 0.5) is 0 Å². The van der Waals surface area contributed by atoms with E-state index in [1.807, 2.05) is 0 Å². The van der Waals surface area contributed by atoms with Crippen LogP contribution in [0.5, 0.6) is 0 Å². The first-order valence-electron chi connectivity index (χ1n) is 6.91. The number of nitrogens with zero attached hydrogens (tertiary/aromatic N) is 2. The van der Waals surface area contributed by atoms with Crippen molar-refractivity contribution in [2.75, 3.05) is 6.61 Å². The smallest absolute Gasteiger partial charge is 0.344 e. The van der Waals surface area contributed by atoms with E-state index in [-0.39, 0.29) is 17.7 Å². The quantitative estimate of drug-likeness (QED) is 0.839. The van der Waals surface area contributed by atoms with Crippen molar-refractivity contribution >= 4 is 22.8 Å². The molecule has 118 valence electrons. The van der Waals surface area contributed by atoms with Crippen LogP contribution in [0, 0.1) is 11.3 Å². The third kappa shape index (κ3) is 2.66. The molecule has 7 nitrogen and oxygen atoms in total. The molecule has 0 radical (unpaired) electrons. The van der Waals surface area contributed by atoms with E-state index in [0.29, 0.717) is 10.9 Å². The zero-order chi connectivity index (χ0) is 17.1. The molecule has 1 heterocycles. The molecule has 23 heavy (non-hydrogen) atoms. The number of aromatic nitrogens is 1. The lowest BCUT2D eigenvalue weighted by Gasteiger charge is -2.16. The maximum atomic E-state index is 12.6. The lowest BCUT2D eigenvalue weighted by molar-refractivity contribution is -0.118. The van der Waals surface area contributed by atoms with Gasteiger partial charge in [-0.15, -0.1) is 0 Å². The summed E-state index contributed by atoms with van der Waals surface area (Å²) < 4.78 is 6.19. The second-order valence-corrected chi connectivity index (χ2v) is 4.85. The number of nitriles is 1. The molecule has 2 aromatic rings. The number of carbonyl (C=O) groups excluding carboxylic acids is 2. The van der Waals surface area contributed by atoms with Gasteiger partial charge in [0.25, 0.3) is 5.56 Å². The Morgan fingerprint density at radius 1 is 1.39 bits per heavy atom. The number of ether oxygens (including phenoxy) is 1. The minimum atomic E-state index is -1.42. The maximum absolute atomic E-state index is 12.6. The van der Waals surface area contributed by atoms with Gasteiger partial charge in [0.2, 0.25) is 5.91 Å². The average Bonchev–Trinajstić information content (AvgIpc) is 2.52. The molecule has 0 saturated carbocycles. The first-order valence-corrected chi connectivity index (χ1v) is 6.91. The summed E-state index contributed by atoms with van der Waals surface area (Å²) in [5.41, 5.74) is 4.79. The van der Waals surface area contributed by atoms with Gasteiger partial charge < -0.3 is 15.0 Å². The average molecular weight is 313 g/mol. The summed E-state index contributed by atoms with van der Waals surface area (Å²) in [4.78, 5) is 36.4. The number of nitrogens with two attached hydrogens (primary N) is 1. The summed E-state index contributed by atoms with van der Waals surface area (Å²) in [6.45, 7) is 1.65. The number of hydrogen-bond donors (Lipinski definition) is 1. The Balaban J connectivity index is 3.01. The van der Waals surface area contributed by atoms with Gasteiger partial charge in [0.15, 0.2) is 5.92 Å². The number of benzene rings is 1. The van der Waals surface area contributed by atoms with Crippen molar-refractivity contribution in [1.29, 1.82) is 5.26 Å². The molecule has 2 N–H and O–H groups in total. The largest absolute Gasteiger partial charge is 0.462 e. The first kappa shape index (κ1) is 16.2. The summed E-state index contributed by atoms with van der Waals surface area (Å²) in [5, 5.41) is 9.73. The van der Waals surface area contributed by atoms with Crippen LogP contribution in [0.25, 0.3) is 10.9 Å². The summed E-state index contributed by atoms with van der Waals surface area (Å²) >= 11 is 0. The molecule has 0 aliphatic carbocycles. The Kier molecular flexibility index (Phi) is 4.46. The Morgan fingerprint density at radius 2 is 2.04 bits per heavy atom. The van der Waals surface area contributed by atoms with Crippen LogP contribution in [-0.2, 0) is 16.6 Å². The van der Waals surface area contributed by atoms with Gasteiger partial charge in [-0.2, -0.15) is 5.26 Å². The summed E-state index contributed by atoms with van der Waals surface area (Å²) in [5.74, 6) is -3.24. The van der Waals surface area contributed by atoms with Gasteiger partial charge in [-0.1, -0.05) is 18.2 Å². The number of fused-ring (bicyclic) bond motifs is 1. The number of aryl methyl sites for hydroxylation is 1. The monoisotopic (exact) mass is 313 g/mol. The lowest BCUT2D eigenvalue weighted by Crippen LogP contribution is -2.31. The predicted molar refractivity (Wildman–Crippen MR) is 82.7 cm³/mol. The van der Waals surface area contributed by atoms with Crippen molar-refractivity contribution in [2.24, 2.45) is 12.8 Å².